The molecule has 1 heterocycles. The summed E-state index contributed by atoms with van der Waals surface area (Å²) in [5, 5.41) is 0.374. The van der Waals surface area contributed by atoms with E-state index in [9.17, 15) is 9.59 Å². The highest BCUT2D eigenvalue weighted by molar-refractivity contribution is 6.33. The number of nitrogens with zero attached hydrogens (tertiary/aromatic N) is 2. The molecule has 16 heavy (non-hydrogen) atoms. The van der Waals surface area contributed by atoms with Gasteiger partial charge in [-0.3, -0.25) is 4.79 Å². The van der Waals surface area contributed by atoms with Gasteiger partial charge in [0, 0.05) is 18.7 Å². The summed E-state index contributed by atoms with van der Waals surface area (Å²) in [6.07, 6.45) is 2.86. The normalized spacial score (nSPS) is 15.1. The Kier molecular flexibility index (Phi) is 3.04. The number of hydrogen-bond acceptors (Lipinski definition) is 3. The van der Waals surface area contributed by atoms with Crippen LogP contribution in [0.1, 0.15) is 12.8 Å². The zero-order valence-electron chi connectivity index (χ0n) is 8.44. The zero-order chi connectivity index (χ0) is 11.5. The number of hydrogen-bond donors (Lipinski definition) is 0. The molecule has 1 aromatic rings. The number of anilines is 1. The second kappa shape index (κ2) is 4.47. The lowest BCUT2D eigenvalue weighted by Gasteiger charge is -2.15. The maximum absolute atomic E-state index is 11.5. The van der Waals surface area contributed by atoms with E-state index in [0.29, 0.717) is 23.7 Å². The summed E-state index contributed by atoms with van der Waals surface area (Å²) in [4.78, 5) is 26.9. The van der Waals surface area contributed by atoms with Gasteiger partial charge in [-0.15, -0.1) is 0 Å². The third-order valence-electron chi connectivity index (χ3n) is 2.48. The minimum atomic E-state index is 0.0864. The molecule has 2 rings (SSSR count). The molecule has 0 spiro atoms. The number of carbonyl (C=O) groups excluding carboxylic acids is 2. The lowest BCUT2D eigenvalue weighted by Crippen LogP contribution is -2.23. The highest BCUT2D eigenvalue weighted by Gasteiger charge is 2.22. The van der Waals surface area contributed by atoms with Gasteiger partial charge in [-0.05, 0) is 24.6 Å². The Bertz CT molecular complexity index is 481. The topological polar surface area (TPSA) is 49.7 Å². The first-order chi connectivity index (χ1) is 7.72. The molecule has 1 amide bonds. The standard InChI is InChI=1S/C11H9ClN2O2/c12-9-4-3-8(6-10(9)13-7-15)14-5-1-2-11(14)16/h3-4,6H,1-2,5H2. The van der Waals surface area contributed by atoms with Gasteiger partial charge in [-0.1, -0.05) is 11.6 Å². The summed E-state index contributed by atoms with van der Waals surface area (Å²) < 4.78 is 0. The van der Waals surface area contributed by atoms with E-state index in [4.69, 9.17) is 11.6 Å². The van der Waals surface area contributed by atoms with E-state index in [1.165, 1.54) is 6.08 Å². The average molecular weight is 237 g/mol. The average Bonchev–Trinajstić information content (AvgIpc) is 2.68. The van der Waals surface area contributed by atoms with Crippen LogP contribution in [0, 0.1) is 0 Å². The van der Waals surface area contributed by atoms with Crippen molar-refractivity contribution in [1.82, 2.24) is 0 Å². The predicted molar refractivity (Wildman–Crippen MR) is 60.8 cm³/mol. The van der Waals surface area contributed by atoms with Crippen LogP contribution in [0.25, 0.3) is 0 Å². The van der Waals surface area contributed by atoms with E-state index in [-0.39, 0.29) is 5.91 Å². The Morgan fingerprint density at radius 3 is 2.88 bits per heavy atom. The van der Waals surface area contributed by atoms with Gasteiger partial charge in [0.2, 0.25) is 12.0 Å². The maximum Gasteiger partial charge on any atom is 0.240 e. The van der Waals surface area contributed by atoms with Crippen molar-refractivity contribution in [3.05, 3.63) is 23.2 Å². The highest BCUT2D eigenvalue weighted by atomic mass is 35.5. The van der Waals surface area contributed by atoms with Gasteiger partial charge in [-0.25, -0.2) is 4.79 Å². The zero-order valence-corrected chi connectivity index (χ0v) is 9.20. The third-order valence-corrected chi connectivity index (χ3v) is 2.80. The third kappa shape index (κ3) is 1.98. The molecule has 1 fully saturated rings. The van der Waals surface area contributed by atoms with Crippen molar-refractivity contribution in [2.75, 3.05) is 11.4 Å². The maximum atomic E-state index is 11.5. The van der Waals surface area contributed by atoms with E-state index in [2.05, 4.69) is 4.99 Å². The molecule has 5 heteroatoms. The van der Waals surface area contributed by atoms with Crippen LogP contribution in [0.2, 0.25) is 5.02 Å². The smallest absolute Gasteiger partial charge is 0.240 e. The molecule has 4 nitrogen and oxygen atoms in total. The van der Waals surface area contributed by atoms with E-state index in [1.807, 2.05) is 0 Å². The number of rotatable bonds is 2. The lowest BCUT2D eigenvalue weighted by molar-refractivity contribution is -0.117. The Morgan fingerprint density at radius 2 is 2.25 bits per heavy atom. The monoisotopic (exact) mass is 236 g/mol. The number of halogens is 1. The van der Waals surface area contributed by atoms with Crippen LogP contribution in [0.15, 0.2) is 23.2 Å². The fourth-order valence-electron chi connectivity index (χ4n) is 1.72. The van der Waals surface area contributed by atoms with Crippen molar-refractivity contribution in [3.63, 3.8) is 0 Å². The molecule has 0 unspecified atom stereocenters. The molecule has 0 aromatic heterocycles. The van der Waals surface area contributed by atoms with Gasteiger partial charge in [0.25, 0.3) is 0 Å². The molecule has 0 aliphatic carbocycles. The number of aliphatic imine (C=N–C) groups is 1. The molecule has 82 valence electrons. The first kappa shape index (κ1) is 10.9. The van der Waals surface area contributed by atoms with Gasteiger partial charge >= 0.3 is 0 Å². The van der Waals surface area contributed by atoms with Crippen LogP contribution in [0.4, 0.5) is 11.4 Å². The van der Waals surface area contributed by atoms with Crippen molar-refractivity contribution >= 4 is 35.0 Å². The molecule has 1 aliphatic rings. The van der Waals surface area contributed by atoms with Crippen molar-refractivity contribution < 1.29 is 9.59 Å². The van der Waals surface area contributed by atoms with Gasteiger partial charge in [0.15, 0.2) is 0 Å². The highest BCUT2D eigenvalue weighted by Crippen LogP contribution is 2.31. The fraction of sp³-hybridized carbons (Fsp3) is 0.273. The van der Waals surface area contributed by atoms with Crippen LogP contribution in [-0.2, 0) is 9.59 Å². The van der Waals surface area contributed by atoms with Gasteiger partial charge in [0.1, 0.15) is 0 Å². The minimum absolute atomic E-state index is 0.0864. The van der Waals surface area contributed by atoms with Crippen LogP contribution < -0.4 is 4.90 Å². The number of amides is 1. The second-order valence-electron chi connectivity index (χ2n) is 3.49. The number of carbonyl (C=O) groups is 1. The summed E-state index contributed by atoms with van der Waals surface area (Å²) in [5.74, 6) is 0.0864. The number of benzene rings is 1. The quantitative estimate of drug-likeness (QED) is 0.585. The Labute approximate surface area is 97.5 Å². The summed E-state index contributed by atoms with van der Waals surface area (Å²) in [7, 11) is 0. The van der Waals surface area contributed by atoms with Crippen LogP contribution >= 0.6 is 11.6 Å². The van der Waals surface area contributed by atoms with Crippen molar-refractivity contribution in [2.24, 2.45) is 4.99 Å². The van der Waals surface area contributed by atoms with Gasteiger partial charge in [-0.2, -0.15) is 4.99 Å². The van der Waals surface area contributed by atoms with Gasteiger partial charge < -0.3 is 4.90 Å². The second-order valence-corrected chi connectivity index (χ2v) is 3.89. The molecule has 1 saturated heterocycles. The van der Waals surface area contributed by atoms with Gasteiger partial charge in [0.05, 0.1) is 10.7 Å². The van der Waals surface area contributed by atoms with E-state index in [1.54, 1.807) is 23.1 Å². The molecule has 0 atom stereocenters. The summed E-state index contributed by atoms with van der Waals surface area (Å²) >= 11 is 5.84. The Balaban J connectivity index is 2.38. The molecule has 0 N–H and O–H groups in total. The predicted octanol–water partition coefficient (Wildman–Crippen LogP) is 2.43. The molecular formula is C11H9ClN2O2. The van der Waals surface area contributed by atoms with E-state index in [0.717, 1.165) is 12.1 Å². The Morgan fingerprint density at radius 1 is 1.44 bits per heavy atom. The molecule has 1 aliphatic heterocycles. The van der Waals surface area contributed by atoms with E-state index >= 15 is 0 Å². The van der Waals surface area contributed by atoms with Crippen LogP contribution in [0.3, 0.4) is 0 Å². The first-order valence-corrected chi connectivity index (χ1v) is 5.28. The summed E-state index contributed by atoms with van der Waals surface area (Å²) in [6, 6.07) is 4.99. The Hall–Kier alpha value is -1.64. The van der Waals surface area contributed by atoms with E-state index < -0.39 is 0 Å². The first-order valence-electron chi connectivity index (χ1n) is 4.90. The minimum Gasteiger partial charge on any atom is -0.312 e. The summed E-state index contributed by atoms with van der Waals surface area (Å²) in [6.45, 7) is 0.699. The molecule has 0 radical (unpaired) electrons. The van der Waals surface area contributed by atoms with Crippen LogP contribution in [-0.4, -0.2) is 18.5 Å². The fourth-order valence-corrected chi connectivity index (χ4v) is 1.88. The number of isocyanates is 1. The summed E-state index contributed by atoms with van der Waals surface area (Å²) in [5.41, 5.74) is 1.06. The van der Waals surface area contributed by atoms with Crippen LogP contribution in [0.5, 0.6) is 0 Å². The lowest BCUT2D eigenvalue weighted by atomic mass is 10.2. The largest absolute Gasteiger partial charge is 0.312 e. The molecule has 0 saturated carbocycles. The molecule has 0 bridgehead atoms. The van der Waals surface area contributed by atoms with Crippen molar-refractivity contribution in [2.45, 2.75) is 12.8 Å². The van der Waals surface area contributed by atoms with Crippen molar-refractivity contribution in [1.29, 1.82) is 0 Å². The SMILES string of the molecule is O=C=Nc1cc(N2CCCC2=O)ccc1Cl. The molecular weight excluding hydrogens is 228 g/mol. The molecule has 1 aromatic carbocycles. The van der Waals surface area contributed by atoms with Crippen molar-refractivity contribution in [3.8, 4) is 0 Å².